The van der Waals surface area contributed by atoms with Crippen molar-refractivity contribution in [2.24, 2.45) is 0 Å². The number of hydrogen-bond acceptors (Lipinski definition) is 10. The van der Waals surface area contributed by atoms with E-state index in [0.717, 1.165) is 10.6 Å². The van der Waals surface area contributed by atoms with Gasteiger partial charge >= 0.3 is 13.5 Å². The molecule has 4 N–H and O–H groups in total. The molecule has 0 radical (unpaired) electrons. The molecule has 0 saturated carbocycles. The van der Waals surface area contributed by atoms with Crippen LogP contribution in [0.4, 0.5) is 14.6 Å². The van der Waals surface area contributed by atoms with E-state index in [-0.39, 0.29) is 24.4 Å². The molecule has 4 rings (SSSR count). The van der Waals surface area contributed by atoms with Gasteiger partial charge in [-0.25, -0.2) is 18.1 Å². The highest BCUT2D eigenvalue weighted by Crippen LogP contribution is 2.57. The fraction of sp³-hybridized carbons (Fsp3) is 0.444. The zero-order valence-electron chi connectivity index (χ0n) is 16.4. The Bertz CT molecular complexity index is 1100. The highest BCUT2D eigenvalue weighted by Gasteiger charge is 2.46. The van der Waals surface area contributed by atoms with E-state index in [4.69, 9.17) is 24.0 Å². The molecule has 2 aliphatic heterocycles. The summed E-state index contributed by atoms with van der Waals surface area (Å²) in [6.07, 6.45) is -5.32. The van der Waals surface area contributed by atoms with Gasteiger partial charge in [-0.15, -0.1) is 0 Å². The summed E-state index contributed by atoms with van der Waals surface area (Å²) in [4.78, 5) is 15.5. The van der Waals surface area contributed by atoms with Crippen LogP contribution in [0.5, 0.6) is 0 Å². The Hall–Kier alpha value is -2.25. The molecule has 11 nitrogen and oxygen atoms in total. The third-order valence-electron chi connectivity index (χ3n) is 5.07. The van der Waals surface area contributed by atoms with Crippen LogP contribution in [0.1, 0.15) is 24.3 Å². The van der Waals surface area contributed by atoms with E-state index in [1.54, 1.807) is 0 Å². The summed E-state index contributed by atoms with van der Waals surface area (Å²) >= 11 is 0. The van der Waals surface area contributed by atoms with E-state index in [2.05, 4.69) is 4.98 Å². The molecule has 2 fully saturated rings. The molecule has 174 valence electrons. The zero-order chi connectivity index (χ0) is 23.0. The maximum absolute atomic E-state index is 14.1. The van der Waals surface area contributed by atoms with Gasteiger partial charge in [0.2, 0.25) is 0 Å². The van der Waals surface area contributed by atoms with Crippen LogP contribution in [-0.2, 0) is 22.9 Å². The molecule has 14 heteroatoms. The van der Waals surface area contributed by atoms with Crippen molar-refractivity contribution in [2.75, 3.05) is 18.9 Å². The van der Waals surface area contributed by atoms with Gasteiger partial charge in [-0.2, -0.15) is 4.98 Å². The van der Waals surface area contributed by atoms with Gasteiger partial charge in [0.25, 0.3) is 0 Å². The Morgan fingerprint density at radius 3 is 2.81 bits per heavy atom. The van der Waals surface area contributed by atoms with E-state index in [1.807, 2.05) is 0 Å². The van der Waals surface area contributed by atoms with Crippen molar-refractivity contribution in [3.63, 3.8) is 0 Å². The lowest BCUT2D eigenvalue weighted by atomic mass is 10.1. The van der Waals surface area contributed by atoms with Crippen molar-refractivity contribution in [3.05, 3.63) is 58.1 Å². The van der Waals surface area contributed by atoms with Crippen molar-refractivity contribution in [1.82, 2.24) is 9.55 Å². The number of aromatic nitrogens is 2. The van der Waals surface area contributed by atoms with Crippen molar-refractivity contribution in [1.29, 1.82) is 0 Å². The number of phosphoric acid groups is 1. The predicted molar refractivity (Wildman–Crippen MR) is 103 cm³/mol. The smallest absolute Gasteiger partial charge is 0.387 e. The van der Waals surface area contributed by atoms with Crippen LogP contribution in [-0.4, -0.2) is 51.3 Å². The SMILES string of the molecule is Nc1ccn([C@@H]2O[C@H](CO[P@]3(=O)OCC[C@H](c4cccc(F)c4F)O3)[C@@H](O)[C@@H]2O)c(=O)n1. The zero-order valence-corrected chi connectivity index (χ0v) is 17.3. The van der Waals surface area contributed by atoms with Gasteiger partial charge in [0.05, 0.1) is 19.3 Å². The first-order valence-electron chi connectivity index (χ1n) is 9.56. The quantitative estimate of drug-likeness (QED) is 0.534. The van der Waals surface area contributed by atoms with Gasteiger partial charge in [-0.05, 0) is 12.1 Å². The number of nitrogen functional groups attached to an aromatic ring is 1. The number of aliphatic hydroxyl groups is 2. The second-order valence-corrected chi connectivity index (χ2v) is 8.81. The maximum Gasteiger partial charge on any atom is 0.475 e. The van der Waals surface area contributed by atoms with Crippen molar-refractivity contribution < 1.29 is 41.9 Å². The lowest BCUT2D eigenvalue weighted by molar-refractivity contribution is -0.0610. The number of nitrogens with zero attached hydrogens (tertiary/aromatic N) is 2. The maximum atomic E-state index is 14.1. The Morgan fingerprint density at radius 1 is 1.28 bits per heavy atom. The van der Waals surface area contributed by atoms with E-state index < -0.39 is 62.4 Å². The molecule has 32 heavy (non-hydrogen) atoms. The molecular formula is C18H20F2N3O8P. The molecule has 0 amide bonds. The van der Waals surface area contributed by atoms with Crippen LogP contribution in [0.25, 0.3) is 0 Å². The fourth-order valence-electron chi connectivity index (χ4n) is 3.44. The van der Waals surface area contributed by atoms with E-state index in [9.17, 15) is 28.4 Å². The fourth-order valence-corrected chi connectivity index (χ4v) is 4.83. The first kappa shape index (κ1) is 22.9. The predicted octanol–water partition coefficient (Wildman–Crippen LogP) is 1.03. The van der Waals surface area contributed by atoms with Gasteiger partial charge in [0.15, 0.2) is 17.9 Å². The minimum Gasteiger partial charge on any atom is -0.387 e. The van der Waals surface area contributed by atoms with Crippen LogP contribution in [0.2, 0.25) is 0 Å². The summed E-state index contributed by atoms with van der Waals surface area (Å²) in [6.45, 7) is -0.675. The van der Waals surface area contributed by atoms with Gasteiger partial charge < -0.3 is 20.7 Å². The molecule has 1 aromatic heterocycles. The van der Waals surface area contributed by atoms with E-state index in [0.29, 0.717) is 0 Å². The van der Waals surface area contributed by atoms with Crippen molar-refractivity contribution in [3.8, 4) is 0 Å². The molecule has 2 aliphatic rings. The summed E-state index contributed by atoms with van der Waals surface area (Å²) < 4.78 is 62.4. The molecule has 2 saturated heterocycles. The first-order chi connectivity index (χ1) is 15.2. The summed E-state index contributed by atoms with van der Waals surface area (Å²) in [5, 5.41) is 20.5. The van der Waals surface area contributed by atoms with Gasteiger partial charge in [0, 0.05) is 18.2 Å². The number of hydrogen-bond donors (Lipinski definition) is 3. The number of phosphoric ester groups is 1. The standard InChI is InChI=1S/C18H20F2N3O8P/c19-10-3-1-2-9(14(10)20)11-5-7-28-32(27,31-11)29-8-12-15(24)16(25)17(30-12)23-6-4-13(21)22-18(23)26/h1-4,6,11-12,15-17,24-25H,5,7-8H2,(H2,21,22,26)/t11-,12-,15-,16+,17-,32+/m1/s1. The molecule has 0 bridgehead atoms. The van der Waals surface area contributed by atoms with E-state index in [1.165, 1.54) is 24.4 Å². The number of anilines is 1. The number of ether oxygens (including phenoxy) is 1. The minimum absolute atomic E-state index is 0.0341. The average molecular weight is 475 g/mol. The number of aliphatic hydroxyl groups excluding tert-OH is 2. The minimum atomic E-state index is -4.24. The third kappa shape index (κ3) is 4.46. The third-order valence-corrected chi connectivity index (χ3v) is 6.55. The molecule has 6 atom stereocenters. The van der Waals surface area contributed by atoms with Crippen LogP contribution < -0.4 is 11.4 Å². The highest BCUT2D eigenvalue weighted by atomic mass is 31.2. The molecule has 2 aromatic rings. The Balaban J connectivity index is 1.44. The Morgan fingerprint density at radius 2 is 2.06 bits per heavy atom. The second kappa shape index (κ2) is 8.94. The van der Waals surface area contributed by atoms with Crippen LogP contribution in [0.15, 0.2) is 35.3 Å². The lowest BCUT2D eigenvalue weighted by Gasteiger charge is -2.30. The van der Waals surface area contributed by atoms with Crippen LogP contribution in [0.3, 0.4) is 0 Å². The van der Waals surface area contributed by atoms with Crippen LogP contribution >= 0.6 is 7.82 Å². The molecule has 3 heterocycles. The molecule has 0 aliphatic carbocycles. The Labute approximate surface area is 179 Å². The topological polar surface area (TPSA) is 155 Å². The number of benzene rings is 1. The van der Waals surface area contributed by atoms with Gasteiger partial charge in [-0.3, -0.25) is 18.1 Å². The summed E-state index contributed by atoms with van der Waals surface area (Å²) in [7, 11) is -4.24. The molecule has 0 spiro atoms. The monoisotopic (exact) mass is 475 g/mol. The molecule has 0 unspecified atom stereocenters. The lowest BCUT2D eigenvalue weighted by Crippen LogP contribution is -2.36. The number of nitrogens with two attached hydrogens (primary N) is 1. The highest BCUT2D eigenvalue weighted by molar-refractivity contribution is 7.48. The summed E-state index contributed by atoms with van der Waals surface area (Å²) in [5.74, 6) is -2.24. The normalized spacial score (nSPS) is 32.8. The summed E-state index contributed by atoms with van der Waals surface area (Å²) in [6, 6.07) is 4.83. The largest absolute Gasteiger partial charge is 0.475 e. The molecule has 1 aromatic carbocycles. The van der Waals surface area contributed by atoms with Gasteiger partial charge in [-0.1, -0.05) is 12.1 Å². The number of rotatable bonds is 5. The first-order valence-corrected chi connectivity index (χ1v) is 11.0. The number of halogens is 2. The Kier molecular flexibility index (Phi) is 6.41. The van der Waals surface area contributed by atoms with Gasteiger partial charge in [0.1, 0.15) is 24.1 Å². The molecular weight excluding hydrogens is 455 g/mol. The second-order valence-electron chi connectivity index (χ2n) is 7.19. The van der Waals surface area contributed by atoms with E-state index >= 15 is 0 Å². The average Bonchev–Trinajstić information content (AvgIpc) is 3.03. The van der Waals surface area contributed by atoms with Crippen LogP contribution in [0, 0.1) is 11.6 Å². The summed E-state index contributed by atoms with van der Waals surface area (Å²) in [5.41, 5.74) is 4.48. The van der Waals surface area contributed by atoms with Crippen molar-refractivity contribution >= 4 is 13.6 Å². The van der Waals surface area contributed by atoms with Crippen molar-refractivity contribution in [2.45, 2.75) is 37.1 Å².